The summed E-state index contributed by atoms with van der Waals surface area (Å²) in [7, 11) is 0. The molecule has 0 heterocycles. The number of carbonyl (C=O) groups excluding carboxylic acids is 3. The van der Waals surface area contributed by atoms with Crippen LogP contribution in [-0.2, 0) is 28.6 Å². The van der Waals surface area contributed by atoms with Crippen molar-refractivity contribution in [2.75, 3.05) is 13.2 Å². The first-order valence-corrected chi connectivity index (χ1v) is 33.0. The Hall–Kier alpha value is -4.19. The zero-order valence-electron chi connectivity index (χ0n) is 51.6. The van der Waals surface area contributed by atoms with Crippen LogP contribution in [0.3, 0.4) is 0 Å². The lowest BCUT2D eigenvalue weighted by atomic mass is 10.0. The number of allylic oxidation sites excluding steroid dienone is 20. The zero-order chi connectivity index (χ0) is 57.1. The van der Waals surface area contributed by atoms with E-state index in [1.807, 2.05) is 0 Å². The smallest absolute Gasteiger partial charge is 0.306 e. The van der Waals surface area contributed by atoms with Gasteiger partial charge in [-0.25, -0.2) is 0 Å². The van der Waals surface area contributed by atoms with Crippen LogP contribution in [-0.4, -0.2) is 37.2 Å². The number of esters is 3. The Balaban J connectivity index is 4.37. The molecular formula is C73H122O6. The molecule has 0 saturated heterocycles. The standard InChI is InChI=1S/C73H122O6/c1-4-7-10-13-16-19-22-25-27-29-31-33-35-36-38-39-41-43-45-48-51-54-57-60-63-66-72(75)78-69-70(68-77-71(74)65-62-59-56-53-50-47-24-21-18-15-12-9-6-3)79-73(76)67-64-61-58-55-52-49-46-44-42-40-37-34-32-30-28-26-23-20-17-14-11-8-5-2/h7-8,10-11,16-17,19-20,25-28,31-34,36,38,41,43,70H,4-6,9,12-15,18,21-24,29-30,35,37,39-40,42,44-69H2,1-3H3/b10-7-,11-8-,19-16-,20-17-,27-25-,28-26-,33-31-,34-32-,38-36-,43-41-. The molecule has 1 unspecified atom stereocenters. The number of hydrogen-bond acceptors (Lipinski definition) is 6. The highest BCUT2D eigenvalue weighted by Gasteiger charge is 2.19. The average Bonchev–Trinajstić information content (AvgIpc) is 3.45. The Morgan fingerprint density at radius 2 is 0.494 bits per heavy atom. The Kier molecular flexibility index (Phi) is 62.8. The van der Waals surface area contributed by atoms with E-state index in [0.717, 1.165) is 135 Å². The van der Waals surface area contributed by atoms with Gasteiger partial charge in [-0.3, -0.25) is 14.4 Å². The summed E-state index contributed by atoms with van der Waals surface area (Å²) in [6.45, 7) is 6.42. The third-order valence-corrected chi connectivity index (χ3v) is 14.0. The molecule has 0 aromatic carbocycles. The molecule has 1 atom stereocenters. The first kappa shape index (κ1) is 74.8. The molecule has 0 aromatic heterocycles. The van der Waals surface area contributed by atoms with Crippen LogP contribution in [0.4, 0.5) is 0 Å². The second-order valence-electron chi connectivity index (χ2n) is 21.6. The van der Waals surface area contributed by atoms with Crippen molar-refractivity contribution in [3.05, 3.63) is 122 Å². The molecule has 0 rings (SSSR count). The van der Waals surface area contributed by atoms with E-state index in [-0.39, 0.29) is 31.1 Å². The summed E-state index contributed by atoms with van der Waals surface area (Å²) in [5, 5.41) is 0. The van der Waals surface area contributed by atoms with Gasteiger partial charge in [0.15, 0.2) is 6.10 Å². The van der Waals surface area contributed by atoms with Crippen molar-refractivity contribution >= 4 is 17.9 Å². The molecule has 450 valence electrons. The molecule has 0 spiro atoms. The summed E-state index contributed by atoms with van der Waals surface area (Å²) < 4.78 is 16.9. The van der Waals surface area contributed by atoms with Gasteiger partial charge in [0.05, 0.1) is 0 Å². The molecule has 0 saturated carbocycles. The van der Waals surface area contributed by atoms with Crippen LogP contribution in [0.25, 0.3) is 0 Å². The highest BCUT2D eigenvalue weighted by molar-refractivity contribution is 5.71. The van der Waals surface area contributed by atoms with Crippen LogP contribution < -0.4 is 0 Å². The van der Waals surface area contributed by atoms with Crippen molar-refractivity contribution in [1.82, 2.24) is 0 Å². The number of unbranched alkanes of at least 4 members (excludes halogenated alkanes) is 28. The topological polar surface area (TPSA) is 78.9 Å². The average molecular weight is 1100 g/mol. The fourth-order valence-corrected chi connectivity index (χ4v) is 9.09. The van der Waals surface area contributed by atoms with E-state index in [9.17, 15) is 14.4 Å². The summed E-state index contributed by atoms with van der Waals surface area (Å²) in [4.78, 5) is 38.4. The van der Waals surface area contributed by atoms with Gasteiger partial charge in [0.1, 0.15) is 13.2 Å². The lowest BCUT2D eigenvalue weighted by Gasteiger charge is -2.18. The van der Waals surface area contributed by atoms with E-state index in [1.165, 1.54) is 128 Å². The van der Waals surface area contributed by atoms with Crippen LogP contribution in [0, 0.1) is 0 Å². The Morgan fingerprint density at radius 1 is 0.266 bits per heavy atom. The molecule has 0 radical (unpaired) electrons. The maximum Gasteiger partial charge on any atom is 0.306 e. The lowest BCUT2D eigenvalue weighted by molar-refractivity contribution is -0.167. The summed E-state index contributed by atoms with van der Waals surface area (Å²) >= 11 is 0. The highest BCUT2D eigenvalue weighted by atomic mass is 16.6. The number of hydrogen-bond donors (Lipinski definition) is 0. The summed E-state index contributed by atoms with van der Waals surface area (Å²) in [5.74, 6) is -0.895. The Labute approximate surface area is 488 Å². The first-order valence-electron chi connectivity index (χ1n) is 33.0. The van der Waals surface area contributed by atoms with Gasteiger partial charge in [0.25, 0.3) is 0 Å². The Bertz CT molecular complexity index is 1640. The maximum atomic E-state index is 12.9. The molecular weight excluding hydrogens is 973 g/mol. The van der Waals surface area contributed by atoms with E-state index in [2.05, 4.69) is 142 Å². The summed E-state index contributed by atoms with van der Waals surface area (Å²) in [6.07, 6.45) is 92.0. The minimum absolute atomic E-state index is 0.0840. The van der Waals surface area contributed by atoms with E-state index in [1.54, 1.807) is 0 Å². The molecule has 0 aliphatic rings. The third kappa shape index (κ3) is 64.5. The van der Waals surface area contributed by atoms with Crippen LogP contribution >= 0.6 is 0 Å². The first-order chi connectivity index (χ1) is 39.0. The number of carbonyl (C=O) groups is 3. The molecule has 6 nitrogen and oxygen atoms in total. The summed E-state index contributed by atoms with van der Waals surface area (Å²) in [5.41, 5.74) is 0. The fraction of sp³-hybridized carbons (Fsp3) is 0.685. The molecule has 0 bridgehead atoms. The number of rotatable bonds is 59. The SMILES string of the molecule is CC/C=C\C/C=C\C/C=C\C/C=C\C/C=C\C/C=C\CCCCCCCCC(=O)OCC(COC(=O)CCCCCCCCCCCCCCC)OC(=O)CCCCCCCCCCCC/C=C\C/C=C\C/C=C\C/C=C\CC. The van der Waals surface area contributed by atoms with Gasteiger partial charge in [-0.2, -0.15) is 0 Å². The summed E-state index contributed by atoms with van der Waals surface area (Å²) in [6, 6.07) is 0. The quantitative estimate of drug-likeness (QED) is 0.0261. The van der Waals surface area contributed by atoms with E-state index in [4.69, 9.17) is 14.2 Å². The largest absolute Gasteiger partial charge is 0.462 e. The molecule has 0 aromatic rings. The van der Waals surface area contributed by atoms with E-state index >= 15 is 0 Å². The molecule has 0 aliphatic carbocycles. The van der Waals surface area contributed by atoms with Crippen molar-refractivity contribution in [3.63, 3.8) is 0 Å². The van der Waals surface area contributed by atoms with Gasteiger partial charge in [-0.15, -0.1) is 0 Å². The second kappa shape index (κ2) is 66.3. The van der Waals surface area contributed by atoms with Gasteiger partial charge in [-0.05, 0) is 109 Å². The monoisotopic (exact) mass is 1090 g/mol. The van der Waals surface area contributed by atoms with Crippen molar-refractivity contribution < 1.29 is 28.6 Å². The van der Waals surface area contributed by atoms with Gasteiger partial charge >= 0.3 is 17.9 Å². The van der Waals surface area contributed by atoms with Crippen LogP contribution in [0.15, 0.2) is 122 Å². The molecule has 6 heteroatoms. The third-order valence-electron chi connectivity index (χ3n) is 14.0. The van der Waals surface area contributed by atoms with Crippen LogP contribution in [0.2, 0.25) is 0 Å². The second-order valence-corrected chi connectivity index (χ2v) is 21.6. The van der Waals surface area contributed by atoms with Gasteiger partial charge in [-0.1, -0.05) is 296 Å². The number of ether oxygens (including phenoxy) is 3. The molecule has 79 heavy (non-hydrogen) atoms. The maximum absolute atomic E-state index is 12.9. The van der Waals surface area contributed by atoms with Gasteiger partial charge in [0.2, 0.25) is 0 Å². The van der Waals surface area contributed by atoms with Gasteiger partial charge in [0, 0.05) is 19.3 Å². The van der Waals surface area contributed by atoms with Crippen molar-refractivity contribution in [3.8, 4) is 0 Å². The van der Waals surface area contributed by atoms with Crippen molar-refractivity contribution in [2.24, 2.45) is 0 Å². The van der Waals surface area contributed by atoms with Gasteiger partial charge < -0.3 is 14.2 Å². The zero-order valence-corrected chi connectivity index (χ0v) is 51.6. The highest BCUT2D eigenvalue weighted by Crippen LogP contribution is 2.16. The van der Waals surface area contributed by atoms with Crippen LogP contribution in [0.1, 0.15) is 303 Å². The van der Waals surface area contributed by atoms with Crippen molar-refractivity contribution in [2.45, 2.75) is 309 Å². The minimum atomic E-state index is -0.790. The van der Waals surface area contributed by atoms with E-state index < -0.39 is 6.10 Å². The predicted molar refractivity (Wildman–Crippen MR) is 343 cm³/mol. The Morgan fingerprint density at radius 3 is 0.772 bits per heavy atom. The molecule has 0 amide bonds. The molecule has 0 N–H and O–H groups in total. The molecule has 0 aliphatic heterocycles. The molecule has 0 fully saturated rings. The minimum Gasteiger partial charge on any atom is -0.462 e. The normalized spacial score (nSPS) is 12.9. The van der Waals surface area contributed by atoms with Crippen LogP contribution in [0.5, 0.6) is 0 Å². The predicted octanol–water partition coefficient (Wildman–Crippen LogP) is 22.8. The fourth-order valence-electron chi connectivity index (χ4n) is 9.09. The van der Waals surface area contributed by atoms with Crippen molar-refractivity contribution in [1.29, 1.82) is 0 Å². The lowest BCUT2D eigenvalue weighted by Crippen LogP contribution is -2.30. The van der Waals surface area contributed by atoms with E-state index in [0.29, 0.717) is 19.3 Å².